The third-order valence-corrected chi connectivity index (χ3v) is 6.62. The zero-order valence-corrected chi connectivity index (χ0v) is 18.6. The summed E-state index contributed by atoms with van der Waals surface area (Å²) >= 11 is 12.2. The van der Waals surface area contributed by atoms with Crippen LogP contribution in [-0.4, -0.2) is 34.6 Å². The highest BCUT2D eigenvalue weighted by molar-refractivity contribution is 6.42. The fraction of sp³-hybridized carbons (Fsp3) is 0.500. The molecule has 1 fully saturated rings. The number of carbonyl (C=O) groups excluding carboxylic acids is 3. The number of carbonyl (C=O) groups is 3. The maximum Gasteiger partial charge on any atom is 0.291 e. The summed E-state index contributed by atoms with van der Waals surface area (Å²) in [5, 5.41) is 13.2. The van der Waals surface area contributed by atoms with Crippen molar-refractivity contribution in [2.24, 2.45) is 5.41 Å². The first-order chi connectivity index (χ1) is 13.5. The van der Waals surface area contributed by atoms with E-state index in [1.54, 1.807) is 45.0 Å². The van der Waals surface area contributed by atoms with E-state index < -0.39 is 34.5 Å². The second-order valence-electron chi connectivity index (χ2n) is 8.00. The van der Waals surface area contributed by atoms with E-state index in [4.69, 9.17) is 23.2 Å². The van der Waals surface area contributed by atoms with E-state index in [0.29, 0.717) is 34.9 Å². The van der Waals surface area contributed by atoms with E-state index in [1.807, 2.05) is 6.92 Å². The standard InChI is InChI=1S/C22H27Cl2NO4/c1-5-11-22(20(28)29)15(14-9-10-16(23)17(24)13-14)8-7-12-25(22)19(27)18(26)21(3,4)6-2/h5,9-11,13,15H,6-8,12H2,1-4H3,(H,28,29)/p-1/b11-5+. The number of nitrogens with zero attached hydrogens (tertiary/aromatic N) is 1. The van der Waals surface area contributed by atoms with Gasteiger partial charge in [-0.25, -0.2) is 0 Å². The van der Waals surface area contributed by atoms with Crippen LogP contribution in [0.5, 0.6) is 0 Å². The summed E-state index contributed by atoms with van der Waals surface area (Å²) in [4.78, 5) is 39.8. The highest BCUT2D eigenvalue weighted by Gasteiger charge is 2.51. The number of rotatable bonds is 6. The number of amides is 1. The zero-order valence-electron chi connectivity index (χ0n) is 17.1. The van der Waals surface area contributed by atoms with Gasteiger partial charge in [-0.15, -0.1) is 0 Å². The molecule has 29 heavy (non-hydrogen) atoms. The number of allylic oxidation sites excluding steroid dienone is 1. The molecule has 7 heteroatoms. The van der Waals surface area contributed by atoms with Crippen molar-refractivity contribution in [2.75, 3.05) is 6.54 Å². The number of hydrogen-bond donors (Lipinski definition) is 0. The predicted octanol–water partition coefficient (Wildman–Crippen LogP) is 3.77. The first-order valence-electron chi connectivity index (χ1n) is 9.69. The van der Waals surface area contributed by atoms with E-state index >= 15 is 0 Å². The van der Waals surface area contributed by atoms with Gasteiger partial charge >= 0.3 is 0 Å². The molecule has 1 heterocycles. The molecule has 1 amide bonds. The lowest BCUT2D eigenvalue weighted by atomic mass is 9.71. The summed E-state index contributed by atoms with van der Waals surface area (Å²) in [6, 6.07) is 4.91. The number of halogens is 2. The molecule has 1 aromatic rings. The number of Topliss-reactive ketones (excluding diaryl/α,β-unsaturated/α-hetero) is 1. The summed E-state index contributed by atoms with van der Waals surface area (Å²) in [7, 11) is 0. The smallest absolute Gasteiger partial charge is 0.291 e. The fourth-order valence-corrected chi connectivity index (χ4v) is 4.13. The molecule has 0 radical (unpaired) electrons. The highest BCUT2D eigenvalue weighted by Crippen LogP contribution is 2.44. The van der Waals surface area contributed by atoms with Crippen molar-refractivity contribution in [2.45, 2.75) is 58.4 Å². The van der Waals surface area contributed by atoms with Crippen molar-refractivity contribution in [3.05, 3.63) is 46.0 Å². The average Bonchev–Trinajstić information content (AvgIpc) is 2.69. The summed E-state index contributed by atoms with van der Waals surface area (Å²) in [6.45, 7) is 7.01. The van der Waals surface area contributed by atoms with Gasteiger partial charge in [0.15, 0.2) is 0 Å². The molecule has 0 aliphatic carbocycles. The van der Waals surface area contributed by atoms with Gasteiger partial charge < -0.3 is 14.8 Å². The Morgan fingerprint density at radius 2 is 1.93 bits per heavy atom. The molecule has 0 N–H and O–H groups in total. The molecule has 1 aliphatic rings. The van der Waals surface area contributed by atoms with E-state index in [0.717, 1.165) is 0 Å². The second-order valence-corrected chi connectivity index (χ2v) is 8.82. The molecule has 5 nitrogen and oxygen atoms in total. The van der Waals surface area contributed by atoms with Crippen LogP contribution in [0.3, 0.4) is 0 Å². The topological polar surface area (TPSA) is 77.5 Å². The molecule has 0 spiro atoms. The van der Waals surface area contributed by atoms with E-state index in [-0.39, 0.29) is 6.54 Å². The largest absolute Gasteiger partial charge is 0.547 e. The molecule has 1 saturated heterocycles. The van der Waals surface area contributed by atoms with Crippen LogP contribution in [0.1, 0.15) is 58.4 Å². The van der Waals surface area contributed by atoms with Gasteiger partial charge in [-0.3, -0.25) is 9.59 Å². The van der Waals surface area contributed by atoms with Crippen molar-refractivity contribution in [3.63, 3.8) is 0 Å². The van der Waals surface area contributed by atoms with E-state index in [2.05, 4.69) is 0 Å². The second kappa shape index (κ2) is 8.88. The highest BCUT2D eigenvalue weighted by atomic mass is 35.5. The minimum absolute atomic E-state index is 0.153. The Labute approximate surface area is 181 Å². The van der Waals surface area contributed by atoms with Crippen LogP contribution < -0.4 is 5.11 Å². The molecular weight excluding hydrogens is 413 g/mol. The molecule has 1 aromatic carbocycles. The Bertz CT molecular complexity index is 849. The van der Waals surface area contributed by atoms with Crippen molar-refractivity contribution in [1.29, 1.82) is 0 Å². The minimum Gasteiger partial charge on any atom is -0.547 e. The Morgan fingerprint density at radius 3 is 2.45 bits per heavy atom. The number of likely N-dealkylation sites (tertiary alicyclic amines) is 1. The van der Waals surface area contributed by atoms with Gasteiger partial charge in [-0.2, -0.15) is 0 Å². The molecule has 0 aromatic heterocycles. The molecule has 158 valence electrons. The number of hydrogen-bond acceptors (Lipinski definition) is 4. The van der Waals surface area contributed by atoms with Gasteiger partial charge in [0.25, 0.3) is 5.91 Å². The van der Waals surface area contributed by atoms with Crippen molar-refractivity contribution >= 4 is 40.9 Å². The SMILES string of the molecule is C/C=C/C1(C(=O)[O-])C(c2ccc(Cl)c(Cl)c2)CCCN1C(=O)C(=O)C(C)(C)CC. The molecule has 0 bridgehead atoms. The Hall–Kier alpha value is -1.85. The third-order valence-electron chi connectivity index (χ3n) is 5.88. The van der Waals surface area contributed by atoms with Crippen LogP contribution >= 0.6 is 23.2 Å². The molecule has 1 aliphatic heterocycles. The predicted molar refractivity (Wildman–Crippen MR) is 112 cm³/mol. The van der Waals surface area contributed by atoms with Gasteiger partial charge in [-0.05, 0) is 43.9 Å². The molecule has 2 unspecified atom stereocenters. The molecular formula is C22H26Cl2NO4-. The van der Waals surface area contributed by atoms with Crippen LogP contribution in [0.15, 0.2) is 30.4 Å². The van der Waals surface area contributed by atoms with Crippen LogP contribution in [0.4, 0.5) is 0 Å². The Morgan fingerprint density at radius 1 is 1.28 bits per heavy atom. The van der Waals surface area contributed by atoms with Crippen molar-refractivity contribution in [3.8, 4) is 0 Å². The van der Waals surface area contributed by atoms with Gasteiger partial charge in [0.05, 0.1) is 16.0 Å². The van der Waals surface area contributed by atoms with E-state index in [1.165, 1.54) is 11.0 Å². The quantitative estimate of drug-likeness (QED) is 0.500. The Balaban J connectivity index is 2.64. The average molecular weight is 439 g/mol. The number of carboxylic acid groups (broad SMARTS) is 1. The van der Waals surface area contributed by atoms with Gasteiger partial charge in [0, 0.05) is 17.9 Å². The lowest BCUT2D eigenvalue weighted by Crippen LogP contribution is -2.67. The normalized spacial score (nSPS) is 22.7. The fourth-order valence-electron chi connectivity index (χ4n) is 3.82. The van der Waals surface area contributed by atoms with Crippen molar-refractivity contribution < 1.29 is 19.5 Å². The Kier molecular flexibility index (Phi) is 7.18. The number of benzene rings is 1. The number of aliphatic carboxylic acids is 1. The van der Waals surface area contributed by atoms with Crippen LogP contribution in [-0.2, 0) is 14.4 Å². The van der Waals surface area contributed by atoms with Crippen molar-refractivity contribution in [1.82, 2.24) is 4.90 Å². The molecule has 0 saturated carbocycles. The summed E-state index contributed by atoms with van der Waals surface area (Å²) in [5.41, 5.74) is -2.05. The third kappa shape index (κ3) is 4.22. The summed E-state index contributed by atoms with van der Waals surface area (Å²) < 4.78 is 0. The molecule has 2 rings (SSSR count). The van der Waals surface area contributed by atoms with Gasteiger partial charge in [-0.1, -0.05) is 62.2 Å². The monoisotopic (exact) mass is 438 g/mol. The maximum absolute atomic E-state index is 13.2. The van der Waals surface area contributed by atoms with E-state index in [9.17, 15) is 19.5 Å². The van der Waals surface area contributed by atoms with Crippen LogP contribution in [0.2, 0.25) is 10.0 Å². The first-order valence-corrected chi connectivity index (χ1v) is 10.4. The summed E-state index contributed by atoms with van der Waals surface area (Å²) in [6.07, 6.45) is 4.51. The maximum atomic E-state index is 13.2. The number of carboxylic acids is 1. The lowest BCUT2D eigenvalue weighted by molar-refractivity contribution is -0.318. The lowest BCUT2D eigenvalue weighted by Gasteiger charge is -2.51. The number of ketones is 1. The zero-order chi connectivity index (χ0) is 22.0. The molecule has 2 atom stereocenters. The number of piperidine rings is 1. The van der Waals surface area contributed by atoms with Gasteiger partial charge in [0.2, 0.25) is 5.78 Å². The summed E-state index contributed by atoms with van der Waals surface area (Å²) in [5.74, 6) is -3.47. The van der Waals surface area contributed by atoms with Crippen LogP contribution in [0, 0.1) is 5.41 Å². The minimum atomic E-state index is -1.79. The first kappa shape index (κ1) is 23.4. The van der Waals surface area contributed by atoms with Crippen LogP contribution in [0.25, 0.3) is 0 Å². The van der Waals surface area contributed by atoms with Gasteiger partial charge in [0.1, 0.15) is 5.54 Å².